The quantitative estimate of drug-likeness (QED) is 0.592. The van der Waals surface area contributed by atoms with Crippen molar-refractivity contribution in [3.8, 4) is 5.75 Å². The van der Waals surface area contributed by atoms with E-state index in [1.807, 2.05) is 24.3 Å². The summed E-state index contributed by atoms with van der Waals surface area (Å²) >= 11 is 1.29. The molecule has 1 aromatic heterocycles. The van der Waals surface area contributed by atoms with Crippen LogP contribution in [0.2, 0.25) is 0 Å². The predicted molar refractivity (Wildman–Crippen MR) is 85.0 cm³/mol. The number of unbranched alkanes of at least 4 members (excludes halogenated alkanes) is 1. The second-order valence-electron chi connectivity index (χ2n) is 4.65. The van der Waals surface area contributed by atoms with Gasteiger partial charge >= 0.3 is 0 Å². The van der Waals surface area contributed by atoms with Crippen LogP contribution in [0, 0.1) is 0 Å². The largest absolute Gasteiger partial charge is 0.494 e. The highest BCUT2D eigenvalue weighted by Crippen LogP contribution is 2.17. The van der Waals surface area contributed by atoms with E-state index in [0.717, 1.165) is 24.3 Å². The lowest BCUT2D eigenvalue weighted by Crippen LogP contribution is -2.14. The van der Waals surface area contributed by atoms with Gasteiger partial charge in [-0.25, -0.2) is 4.68 Å². The van der Waals surface area contributed by atoms with Crippen molar-refractivity contribution in [2.45, 2.75) is 24.9 Å². The molecule has 0 aliphatic heterocycles. The number of tetrazole rings is 1. The number of nitrogens with zero attached hydrogens (tertiary/aromatic N) is 4. The number of hydrogen-bond acceptors (Lipinski definition) is 6. The summed E-state index contributed by atoms with van der Waals surface area (Å²) in [4.78, 5) is 11.9. The Kier molecular flexibility index (Phi) is 6.20. The first kappa shape index (κ1) is 16.3. The maximum absolute atomic E-state index is 11.9. The van der Waals surface area contributed by atoms with Crippen LogP contribution in [0.25, 0.3) is 0 Å². The third-order valence-corrected chi connectivity index (χ3v) is 3.83. The maximum Gasteiger partial charge on any atom is 0.234 e. The van der Waals surface area contributed by atoms with Crippen molar-refractivity contribution in [1.29, 1.82) is 0 Å². The Morgan fingerprint density at radius 3 is 2.77 bits per heavy atom. The van der Waals surface area contributed by atoms with Gasteiger partial charge in [-0.15, -0.1) is 5.10 Å². The van der Waals surface area contributed by atoms with Crippen molar-refractivity contribution >= 4 is 23.4 Å². The summed E-state index contributed by atoms with van der Waals surface area (Å²) < 4.78 is 7.10. The van der Waals surface area contributed by atoms with Crippen molar-refractivity contribution in [1.82, 2.24) is 20.2 Å². The summed E-state index contributed by atoms with van der Waals surface area (Å²) in [5.74, 6) is 0.960. The molecule has 0 radical (unpaired) electrons. The molecule has 0 saturated carbocycles. The molecule has 2 rings (SSSR count). The molecule has 1 heterocycles. The molecule has 7 nitrogen and oxygen atoms in total. The van der Waals surface area contributed by atoms with Gasteiger partial charge in [0, 0.05) is 12.7 Å². The molecule has 0 atom stereocenters. The van der Waals surface area contributed by atoms with Gasteiger partial charge in [0.25, 0.3) is 0 Å². The number of aryl methyl sites for hydroxylation is 1. The molecule has 0 fully saturated rings. The Morgan fingerprint density at radius 1 is 1.36 bits per heavy atom. The number of hydrogen-bond donors (Lipinski definition) is 1. The van der Waals surface area contributed by atoms with Gasteiger partial charge in [-0.1, -0.05) is 25.1 Å². The topological polar surface area (TPSA) is 81.9 Å². The Morgan fingerprint density at radius 2 is 2.14 bits per heavy atom. The van der Waals surface area contributed by atoms with Gasteiger partial charge in [-0.3, -0.25) is 4.79 Å². The average Bonchev–Trinajstić information content (AvgIpc) is 2.92. The number of carbonyl (C=O) groups is 1. The smallest absolute Gasteiger partial charge is 0.234 e. The predicted octanol–water partition coefficient (Wildman–Crippen LogP) is 2.12. The first-order chi connectivity index (χ1) is 10.7. The second-order valence-corrected chi connectivity index (χ2v) is 5.59. The van der Waals surface area contributed by atoms with E-state index in [9.17, 15) is 4.79 Å². The summed E-state index contributed by atoms with van der Waals surface area (Å²) in [5.41, 5.74) is 0.740. The Hall–Kier alpha value is -2.09. The average molecular weight is 321 g/mol. The Labute approximate surface area is 133 Å². The van der Waals surface area contributed by atoms with Crippen LogP contribution >= 0.6 is 11.8 Å². The van der Waals surface area contributed by atoms with Gasteiger partial charge in [-0.2, -0.15) is 0 Å². The van der Waals surface area contributed by atoms with E-state index in [1.165, 1.54) is 16.4 Å². The standard InChI is InChI=1S/C14H19N5O2S/c1-3-4-9-21-12-7-5-11(6-8-12)15-13(20)10-22-14-16-17-18-19(14)2/h5-8H,3-4,9-10H2,1-2H3,(H,15,20). The minimum atomic E-state index is -0.104. The maximum atomic E-state index is 11.9. The SMILES string of the molecule is CCCCOc1ccc(NC(=O)CSc2nnnn2C)cc1. The number of rotatable bonds is 8. The number of carbonyl (C=O) groups excluding carboxylic acids is 1. The summed E-state index contributed by atoms with van der Waals surface area (Å²) in [6, 6.07) is 7.36. The normalized spacial score (nSPS) is 10.5. The summed E-state index contributed by atoms with van der Waals surface area (Å²) in [6.45, 7) is 2.83. The first-order valence-electron chi connectivity index (χ1n) is 7.07. The molecule has 0 aliphatic carbocycles. The molecule has 8 heteroatoms. The molecule has 118 valence electrons. The number of amides is 1. The van der Waals surface area contributed by atoms with Crippen molar-refractivity contribution < 1.29 is 9.53 Å². The molecule has 0 saturated heterocycles. The number of ether oxygens (including phenoxy) is 1. The summed E-state index contributed by atoms with van der Waals surface area (Å²) in [5, 5.41) is 14.5. The fourth-order valence-corrected chi connectivity index (χ4v) is 2.29. The van der Waals surface area contributed by atoms with Crippen molar-refractivity contribution in [2.75, 3.05) is 17.7 Å². The van der Waals surface area contributed by atoms with Gasteiger partial charge in [0.2, 0.25) is 11.1 Å². The lowest BCUT2D eigenvalue weighted by atomic mass is 10.3. The molecule has 1 N–H and O–H groups in total. The second kappa shape index (κ2) is 8.38. The highest BCUT2D eigenvalue weighted by Gasteiger charge is 2.08. The minimum absolute atomic E-state index is 0.104. The van der Waals surface area contributed by atoms with E-state index in [1.54, 1.807) is 7.05 Å². The number of benzene rings is 1. The number of aromatic nitrogens is 4. The summed E-state index contributed by atoms with van der Waals surface area (Å²) in [6.07, 6.45) is 2.14. The third-order valence-electron chi connectivity index (χ3n) is 2.82. The van der Waals surface area contributed by atoms with E-state index < -0.39 is 0 Å². The zero-order valence-corrected chi connectivity index (χ0v) is 13.5. The van der Waals surface area contributed by atoms with E-state index in [0.29, 0.717) is 11.8 Å². The van der Waals surface area contributed by atoms with Crippen LogP contribution in [0.5, 0.6) is 5.75 Å². The number of nitrogens with one attached hydrogen (secondary N) is 1. The molecular formula is C14H19N5O2S. The lowest BCUT2D eigenvalue weighted by molar-refractivity contribution is -0.113. The van der Waals surface area contributed by atoms with Crippen LogP contribution in [-0.4, -0.2) is 38.5 Å². The van der Waals surface area contributed by atoms with Gasteiger partial charge in [0.1, 0.15) is 5.75 Å². The van der Waals surface area contributed by atoms with E-state index >= 15 is 0 Å². The molecule has 0 unspecified atom stereocenters. The van der Waals surface area contributed by atoms with Crippen LogP contribution < -0.4 is 10.1 Å². The Bertz CT molecular complexity index is 600. The molecule has 0 bridgehead atoms. The van der Waals surface area contributed by atoms with Crippen molar-refractivity contribution in [3.05, 3.63) is 24.3 Å². The van der Waals surface area contributed by atoms with E-state index in [4.69, 9.17) is 4.74 Å². The summed E-state index contributed by atoms with van der Waals surface area (Å²) in [7, 11) is 1.73. The zero-order valence-electron chi connectivity index (χ0n) is 12.7. The van der Waals surface area contributed by atoms with E-state index in [2.05, 4.69) is 27.8 Å². The first-order valence-corrected chi connectivity index (χ1v) is 8.05. The van der Waals surface area contributed by atoms with Crippen LogP contribution in [0.15, 0.2) is 29.4 Å². The monoisotopic (exact) mass is 321 g/mol. The number of anilines is 1. The van der Waals surface area contributed by atoms with Gasteiger partial charge in [-0.05, 0) is 41.1 Å². The molecule has 0 aliphatic rings. The molecular weight excluding hydrogens is 302 g/mol. The highest BCUT2D eigenvalue weighted by atomic mass is 32.2. The van der Waals surface area contributed by atoms with Crippen LogP contribution in [0.4, 0.5) is 5.69 Å². The molecule has 1 amide bonds. The lowest BCUT2D eigenvalue weighted by Gasteiger charge is -2.07. The van der Waals surface area contributed by atoms with Crippen molar-refractivity contribution in [2.24, 2.45) is 7.05 Å². The fourth-order valence-electron chi connectivity index (χ4n) is 1.64. The van der Waals surface area contributed by atoms with Crippen LogP contribution in [0.3, 0.4) is 0 Å². The highest BCUT2D eigenvalue weighted by molar-refractivity contribution is 7.99. The molecule has 0 spiro atoms. The Balaban J connectivity index is 1.77. The van der Waals surface area contributed by atoms with Gasteiger partial charge in [0.15, 0.2) is 0 Å². The van der Waals surface area contributed by atoms with E-state index in [-0.39, 0.29) is 11.7 Å². The van der Waals surface area contributed by atoms with Gasteiger partial charge in [0.05, 0.1) is 12.4 Å². The fraction of sp³-hybridized carbons (Fsp3) is 0.429. The molecule has 2 aromatic rings. The molecule has 1 aromatic carbocycles. The minimum Gasteiger partial charge on any atom is -0.494 e. The van der Waals surface area contributed by atoms with Crippen LogP contribution in [-0.2, 0) is 11.8 Å². The third kappa shape index (κ3) is 5.03. The van der Waals surface area contributed by atoms with Crippen molar-refractivity contribution in [3.63, 3.8) is 0 Å². The molecule has 22 heavy (non-hydrogen) atoms. The van der Waals surface area contributed by atoms with Crippen LogP contribution in [0.1, 0.15) is 19.8 Å². The van der Waals surface area contributed by atoms with Gasteiger partial charge < -0.3 is 10.1 Å². The zero-order chi connectivity index (χ0) is 15.8. The number of thioether (sulfide) groups is 1.